The molecule has 1 aliphatic heterocycles. The lowest BCUT2D eigenvalue weighted by molar-refractivity contribution is -0.127. The topological polar surface area (TPSA) is 63.6 Å². The van der Waals surface area contributed by atoms with Gasteiger partial charge in [-0.3, -0.25) is 9.59 Å². The molecule has 34 heavy (non-hydrogen) atoms. The number of piperidine rings is 1. The van der Waals surface area contributed by atoms with Crippen molar-refractivity contribution in [3.63, 3.8) is 0 Å². The number of hydrogen-bond donors (Lipinski definition) is 1. The Hall–Kier alpha value is -2.80. The highest BCUT2D eigenvalue weighted by Gasteiger charge is 2.30. The Labute approximate surface area is 205 Å². The van der Waals surface area contributed by atoms with E-state index in [1.807, 2.05) is 29.2 Å². The van der Waals surface area contributed by atoms with Gasteiger partial charge in [0, 0.05) is 37.0 Å². The second-order valence-electron chi connectivity index (χ2n) is 9.75. The minimum atomic E-state index is -0.0225. The van der Waals surface area contributed by atoms with E-state index in [4.69, 9.17) is 4.74 Å². The Bertz CT molecular complexity index is 1140. The molecule has 7 heteroatoms. The molecule has 1 unspecified atom stereocenters. The lowest BCUT2D eigenvalue weighted by Gasteiger charge is -2.32. The number of carbonyl (C=O) groups excluding carboxylic acids is 2. The number of amides is 2. The number of ether oxygens (including phenoxy) is 1. The van der Waals surface area contributed by atoms with Crippen LogP contribution in [0.4, 0.5) is 0 Å². The first-order valence-corrected chi connectivity index (χ1v) is 13.0. The van der Waals surface area contributed by atoms with Crippen LogP contribution in [-0.4, -0.2) is 47.5 Å². The third-order valence-corrected chi connectivity index (χ3v) is 7.51. The zero-order valence-electron chi connectivity index (χ0n) is 20.5. The van der Waals surface area contributed by atoms with Crippen molar-refractivity contribution in [1.29, 1.82) is 0 Å². The Morgan fingerprint density at radius 3 is 2.62 bits per heavy atom. The van der Waals surface area contributed by atoms with Crippen LogP contribution in [0.2, 0.25) is 0 Å². The first kappa shape index (κ1) is 24.3. The number of aromatic nitrogens is 1. The van der Waals surface area contributed by atoms with Gasteiger partial charge in [0.05, 0.1) is 7.11 Å². The Morgan fingerprint density at radius 1 is 1.15 bits per heavy atom. The summed E-state index contributed by atoms with van der Waals surface area (Å²) in [5.41, 5.74) is 1.79. The molecular formula is C27H35N3O3S. The number of methoxy groups -OCH3 is 1. The van der Waals surface area contributed by atoms with Crippen molar-refractivity contribution < 1.29 is 14.3 Å². The summed E-state index contributed by atoms with van der Waals surface area (Å²) in [5.74, 6) is 1.51. The monoisotopic (exact) mass is 481 g/mol. The van der Waals surface area contributed by atoms with Crippen molar-refractivity contribution >= 4 is 33.4 Å². The van der Waals surface area contributed by atoms with Gasteiger partial charge in [-0.1, -0.05) is 26.0 Å². The maximum absolute atomic E-state index is 13.6. The molecule has 6 nitrogen and oxygen atoms in total. The number of nitrogens with zero attached hydrogens (tertiary/aromatic N) is 2. The van der Waals surface area contributed by atoms with E-state index < -0.39 is 0 Å². The second-order valence-corrected chi connectivity index (χ2v) is 10.6. The van der Waals surface area contributed by atoms with Gasteiger partial charge in [-0.15, -0.1) is 11.3 Å². The van der Waals surface area contributed by atoms with Crippen molar-refractivity contribution in [3.05, 3.63) is 53.0 Å². The van der Waals surface area contributed by atoms with E-state index in [1.54, 1.807) is 18.4 Å². The highest BCUT2D eigenvalue weighted by atomic mass is 32.1. The highest BCUT2D eigenvalue weighted by molar-refractivity contribution is 7.16. The van der Waals surface area contributed by atoms with Crippen LogP contribution in [0.15, 0.2) is 41.8 Å². The second kappa shape index (κ2) is 10.6. The van der Waals surface area contributed by atoms with Gasteiger partial charge in [0.25, 0.3) is 5.91 Å². The summed E-state index contributed by atoms with van der Waals surface area (Å²) >= 11 is 1.65. The zero-order valence-corrected chi connectivity index (χ0v) is 21.4. The maximum Gasteiger partial charge on any atom is 0.270 e. The number of benzene rings is 1. The number of hydrogen-bond acceptors (Lipinski definition) is 4. The molecule has 0 radical (unpaired) electrons. The molecule has 1 saturated heterocycles. The van der Waals surface area contributed by atoms with Gasteiger partial charge < -0.3 is 19.5 Å². The molecule has 0 saturated carbocycles. The van der Waals surface area contributed by atoms with Gasteiger partial charge in [0.1, 0.15) is 16.3 Å². The third-order valence-electron chi connectivity index (χ3n) is 6.56. The average Bonchev–Trinajstić information content (AvgIpc) is 3.41. The Morgan fingerprint density at radius 2 is 1.91 bits per heavy atom. The summed E-state index contributed by atoms with van der Waals surface area (Å²) in [6.07, 6.45) is 2.39. The number of fused-ring (bicyclic) bond motifs is 1. The molecule has 0 aliphatic carbocycles. The first-order valence-electron chi connectivity index (χ1n) is 12.1. The van der Waals surface area contributed by atoms with E-state index in [9.17, 15) is 9.59 Å². The number of thiophene rings is 1. The SMILES string of the molecule is COc1cccc(Cn2c(C(=O)N3CCC(C(=O)NC(C)CC(C)C)CC3)cc3ccsc32)c1. The zero-order chi connectivity index (χ0) is 24.2. The Balaban J connectivity index is 1.45. The molecule has 1 aromatic carbocycles. The molecule has 0 bridgehead atoms. The largest absolute Gasteiger partial charge is 0.497 e. The van der Waals surface area contributed by atoms with Crippen LogP contribution >= 0.6 is 11.3 Å². The Kier molecular flexibility index (Phi) is 7.61. The van der Waals surface area contributed by atoms with Crippen molar-refractivity contribution in [3.8, 4) is 5.75 Å². The smallest absolute Gasteiger partial charge is 0.270 e. The number of likely N-dealkylation sites (tertiary alicyclic amines) is 1. The summed E-state index contributed by atoms with van der Waals surface area (Å²) < 4.78 is 7.49. The molecule has 3 aromatic rings. The quantitative estimate of drug-likeness (QED) is 0.483. The van der Waals surface area contributed by atoms with E-state index in [0.717, 1.165) is 28.0 Å². The van der Waals surface area contributed by atoms with E-state index in [0.29, 0.717) is 44.1 Å². The predicted octanol–water partition coefficient (Wildman–Crippen LogP) is 5.16. The molecule has 182 valence electrons. The van der Waals surface area contributed by atoms with Crippen LogP contribution < -0.4 is 10.1 Å². The molecule has 1 atom stereocenters. The lowest BCUT2D eigenvalue weighted by atomic mass is 9.94. The summed E-state index contributed by atoms with van der Waals surface area (Å²) in [7, 11) is 1.66. The molecule has 2 aromatic heterocycles. The van der Waals surface area contributed by atoms with Crippen molar-refractivity contribution in [2.75, 3.05) is 20.2 Å². The lowest BCUT2D eigenvalue weighted by Crippen LogP contribution is -2.45. The van der Waals surface area contributed by atoms with E-state index in [2.05, 4.69) is 48.2 Å². The standard InChI is InChI=1S/C27H35N3O3S/c1-18(2)14-19(3)28-25(31)21-8-11-29(12-9-21)26(32)24-16-22-10-13-34-27(22)30(24)17-20-6-5-7-23(15-20)33-4/h5-7,10,13,15-16,18-19,21H,8-9,11-12,14,17H2,1-4H3,(H,28,31). The third kappa shape index (κ3) is 5.46. The van der Waals surface area contributed by atoms with Gasteiger partial charge in [0.2, 0.25) is 5.91 Å². The van der Waals surface area contributed by atoms with Gasteiger partial charge in [0.15, 0.2) is 0 Å². The number of carbonyl (C=O) groups is 2. The van der Waals surface area contributed by atoms with Gasteiger partial charge in [-0.25, -0.2) is 0 Å². The van der Waals surface area contributed by atoms with E-state index in [1.165, 1.54) is 0 Å². The first-order chi connectivity index (χ1) is 16.4. The summed E-state index contributed by atoms with van der Waals surface area (Å²) in [6, 6.07) is 12.2. The van der Waals surface area contributed by atoms with Crippen LogP contribution in [0.25, 0.3) is 10.2 Å². The molecule has 3 heterocycles. The average molecular weight is 482 g/mol. The summed E-state index contributed by atoms with van der Waals surface area (Å²) in [5, 5.41) is 6.31. The van der Waals surface area contributed by atoms with Crippen LogP contribution in [0.3, 0.4) is 0 Å². The van der Waals surface area contributed by atoms with Crippen LogP contribution in [0, 0.1) is 11.8 Å². The molecule has 4 rings (SSSR count). The van der Waals surface area contributed by atoms with Crippen molar-refractivity contribution in [2.45, 2.75) is 52.6 Å². The number of rotatable bonds is 8. The molecule has 1 N–H and O–H groups in total. The fourth-order valence-electron chi connectivity index (χ4n) is 4.90. The van der Waals surface area contributed by atoms with Gasteiger partial charge in [-0.2, -0.15) is 0 Å². The fourth-order valence-corrected chi connectivity index (χ4v) is 5.79. The van der Waals surface area contributed by atoms with Crippen molar-refractivity contribution in [1.82, 2.24) is 14.8 Å². The van der Waals surface area contributed by atoms with E-state index in [-0.39, 0.29) is 23.8 Å². The fraction of sp³-hybridized carbons (Fsp3) is 0.481. The van der Waals surface area contributed by atoms with E-state index >= 15 is 0 Å². The van der Waals surface area contributed by atoms with Crippen LogP contribution in [0.1, 0.15) is 56.1 Å². The highest BCUT2D eigenvalue weighted by Crippen LogP contribution is 2.29. The minimum absolute atomic E-state index is 0.0225. The summed E-state index contributed by atoms with van der Waals surface area (Å²) in [6.45, 7) is 8.22. The minimum Gasteiger partial charge on any atom is -0.497 e. The molecule has 0 spiro atoms. The van der Waals surface area contributed by atoms with Crippen molar-refractivity contribution in [2.24, 2.45) is 11.8 Å². The number of nitrogens with one attached hydrogen (secondary N) is 1. The van der Waals surface area contributed by atoms with Gasteiger partial charge in [-0.05, 0) is 67.3 Å². The molecule has 2 amide bonds. The molecule has 1 fully saturated rings. The summed E-state index contributed by atoms with van der Waals surface area (Å²) in [4.78, 5) is 29.3. The van der Waals surface area contributed by atoms with Crippen LogP contribution in [-0.2, 0) is 11.3 Å². The molecule has 1 aliphatic rings. The van der Waals surface area contributed by atoms with Crippen LogP contribution in [0.5, 0.6) is 5.75 Å². The van der Waals surface area contributed by atoms with Gasteiger partial charge >= 0.3 is 0 Å². The maximum atomic E-state index is 13.6. The predicted molar refractivity (Wildman–Crippen MR) is 138 cm³/mol. The molecular weight excluding hydrogens is 446 g/mol. The normalized spacial score (nSPS) is 15.6.